The fourth-order valence-corrected chi connectivity index (χ4v) is 8.34. The van der Waals surface area contributed by atoms with Crippen molar-refractivity contribution >= 4 is 33.4 Å². The average Bonchev–Trinajstić information content (AvgIpc) is 3.41. The van der Waals surface area contributed by atoms with Gasteiger partial charge in [-0.15, -0.1) is 0 Å². The summed E-state index contributed by atoms with van der Waals surface area (Å²) in [5.41, 5.74) is 1.25. The molecule has 1 unspecified atom stereocenters. The Bertz CT molecular complexity index is 1820. The third-order valence-corrected chi connectivity index (χ3v) is 11.2. The van der Waals surface area contributed by atoms with Crippen LogP contribution in [0, 0.1) is 17.5 Å². The minimum absolute atomic E-state index is 0.174. The topological polar surface area (TPSA) is 73.2 Å². The molecule has 5 rings (SSSR count). The minimum Gasteiger partial charge on any atom is -0.495 e. The number of nitrogens with zero attached hydrogens (tertiary/aromatic N) is 3. The average molecular weight is 694 g/mol. The van der Waals surface area contributed by atoms with E-state index in [0.717, 1.165) is 48.1 Å². The smallest absolute Gasteiger partial charge is 0.241 e. The standard InChI is InChI=1S/C33H37ClF3N4O3S2/c1-33(2,21-8-13-27(34)30(15-21)44-5)31-18-38-32(40(31)24-11-9-22(35)10-12-24)45-20-26-28(36)16-25(17-29(26)37)46(42,43)39-23-7-6-14-41(3,4)19-23/h8-13,15-18,23,39H,6-7,14,19-20H2,1-5H3/q+1. The van der Waals surface area contributed by atoms with Gasteiger partial charge in [-0.25, -0.2) is 31.3 Å². The van der Waals surface area contributed by atoms with Crippen LogP contribution >= 0.6 is 23.4 Å². The Morgan fingerprint density at radius 1 is 1.09 bits per heavy atom. The van der Waals surface area contributed by atoms with Gasteiger partial charge in [-0.3, -0.25) is 4.57 Å². The molecule has 4 aromatic rings. The van der Waals surface area contributed by atoms with E-state index in [2.05, 4.69) is 9.71 Å². The van der Waals surface area contributed by atoms with Crippen molar-refractivity contribution in [1.29, 1.82) is 0 Å². The van der Waals surface area contributed by atoms with Crippen molar-refractivity contribution in [3.8, 4) is 11.4 Å². The first kappa shape index (κ1) is 34.3. The molecule has 0 radical (unpaired) electrons. The lowest BCUT2D eigenvalue weighted by Crippen LogP contribution is -2.54. The normalized spacial score (nSPS) is 16.8. The van der Waals surface area contributed by atoms with E-state index in [4.69, 9.17) is 16.3 Å². The quantitative estimate of drug-likeness (QED) is 0.142. The molecule has 1 aromatic heterocycles. The van der Waals surface area contributed by atoms with Crippen LogP contribution in [-0.2, 0) is 21.2 Å². The van der Waals surface area contributed by atoms with Gasteiger partial charge < -0.3 is 9.22 Å². The molecule has 7 nitrogen and oxygen atoms in total. The second kappa shape index (κ2) is 13.2. The van der Waals surface area contributed by atoms with Gasteiger partial charge in [0.2, 0.25) is 10.0 Å². The van der Waals surface area contributed by atoms with Crippen LogP contribution in [0.25, 0.3) is 5.69 Å². The van der Waals surface area contributed by atoms with E-state index in [-0.39, 0.29) is 17.4 Å². The number of thioether (sulfide) groups is 1. The zero-order valence-electron chi connectivity index (χ0n) is 26.3. The number of nitrogens with one attached hydrogen (secondary N) is 1. The Morgan fingerprint density at radius 2 is 1.76 bits per heavy atom. The zero-order valence-corrected chi connectivity index (χ0v) is 28.7. The molecule has 1 aliphatic rings. The second-order valence-electron chi connectivity index (χ2n) is 12.7. The number of benzene rings is 3. The second-order valence-corrected chi connectivity index (χ2v) is 15.7. The van der Waals surface area contributed by atoms with E-state index in [9.17, 15) is 12.8 Å². The number of methoxy groups -OCH3 is 1. The molecule has 246 valence electrons. The van der Waals surface area contributed by atoms with Crippen molar-refractivity contribution in [3.63, 3.8) is 0 Å². The summed E-state index contributed by atoms with van der Waals surface area (Å²) < 4.78 is 81.4. The van der Waals surface area contributed by atoms with Crippen LogP contribution in [0.4, 0.5) is 13.2 Å². The molecular weight excluding hydrogens is 657 g/mol. The van der Waals surface area contributed by atoms with Crippen LogP contribution in [-0.4, -0.2) is 62.8 Å². The molecule has 46 heavy (non-hydrogen) atoms. The third kappa shape index (κ3) is 7.26. The maximum atomic E-state index is 15.4. The number of likely N-dealkylation sites (tertiary alicyclic amines) is 1. The Kier molecular flexibility index (Phi) is 9.87. The summed E-state index contributed by atoms with van der Waals surface area (Å²) >= 11 is 7.35. The number of sulfonamides is 1. The number of aromatic nitrogens is 2. The van der Waals surface area contributed by atoms with Gasteiger partial charge in [-0.2, -0.15) is 0 Å². The molecule has 2 heterocycles. The highest BCUT2D eigenvalue weighted by Crippen LogP contribution is 2.39. The van der Waals surface area contributed by atoms with E-state index < -0.39 is 37.8 Å². The lowest BCUT2D eigenvalue weighted by atomic mass is 9.81. The van der Waals surface area contributed by atoms with Gasteiger partial charge in [-0.1, -0.05) is 43.3 Å². The number of hydrogen-bond donors (Lipinski definition) is 1. The van der Waals surface area contributed by atoms with Crippen molar-refractivity contribution in [3.05, 3.63) is 100 Å². The molecule has 3 aromatic carbocycles. The van der Waals surface area contributed by atoms with Gasteiger partial charge in [0, 0.05) is 22.4 Å². The molecule has 0 aliphatic carbocycles. The number of hydrogen-bond acceptors (Lipinski definition) is 5. The van der Waals surface area contributed by atoms with Crippen molar-refractivity contribution in [1.82, 2.24) is 14.3 Å². The lowest BCUT2D eigenvalue weighted by molar-refractivity contribution is -0.895. The van der Waals surface area contributed by atoms with Crippen molar-refractivity contribution < 1.29 is 30.8 Å². The predicted molar refractivity (Wildman–Crippen MR) is 175 cm³/mol. The first-order valence-electron chi connectivity index (χ1n) is 14.7. The van der Waals surface area contributed by atoms with Gasteiger partial charge in [0.1, 0.15) is 23.2 Å². The fourth-order valence-electron chi connectivity index (χ4n) is 5.85. The van der Waals surface area contributed by atoms with Crippen LogP contribution in [0.5, 0.6) is 5.75 Å². The van der Waals surface area contributed by atoms with Crippen LogP contribution in [0.2, 0.25) is 5.02 Å². The molecule has 1 saturated heterocycles. The largest absolute Gasteiger partial charge is 0.495 e. The molecule has 13 heteroatoms. The monoisotopic (exact) mass is 693 g/mol. The molecule has 0 spiro atoms. The van der Waals surface area contributed by atoms with Gasteiger partial charge in [0.05, 0.1) is 62.1 Å². The zero-order chi connectivity index (χ0) is 33.4. The Balaban J connectivity index is 1.45. The number of imidazole rings is 1. The molecule has 0 saturated carbocycles. The molecule has 1 atom stereocenters. The Labute approximate surface area is 277 Å². The van der Waals surface area contributed by atoms with Crippen LogP contribution in [0.3, 0.4) is 0 Å². The molecule has 1 aliphatic heterocycles. The SMILES string of the molecule is COc1cc(C(C)(C)c2cnc(SCc3c(F)cc(S(=O)(=O)NC4CCC[N+](C)(C)C4)cc3F)n2-c2ccc(F)cc2)ccc1Cl. The molecule has 1 fully saturated rings. The highest BCUT2D eigenvalue weighted by atomic mass is 35.5. The molecule has 0 amide bonds. The third-order valence-electron chi connectivity index (χ3n) is 8.45. The van der Waals surface area contributed by atoms with Crippen LogP contribution in [0.15, 0.2) is 70.8 Å². The molecule has 1 N–H and O–H groups in total. The van der Waals surface area contributed by atoms with Crippen molar-refractivity contribution in [2.75, 3.05) is 34.3 Å². The summed E-state index contributed by atoms with van der Waals surface area (Å²) in [6.45, 7) is 5.49. The summed E-state index contributed by atoms with van der Waals surface area (Å²) in [5.74, 6) is -2.03. The van der Waals surface area contributed by atoms with Gasteiger partial charge in [-0.05, 0) is 66.9 Å². The predicted octanol–water partition coefficient (Wildman–Crippen LogP) is 7.09. The van der Waals surface area contributed by atoms with E-state index in [1.165, 1.54) is 19.2 Å². The van der Waals surface area contributed by atoms with Gasteiger partial charge >= 0.3 is 0 Å². The first-order chi connectivity index (χ1) is 21.6. The summed E-state index contributed by atoms with van der Waals surface area (Å²) in [6.07, 6.45) is 3.18. The summed E-state index contributed by atoms with van der Waals surface area (Å²) in [5, 5.41) is 0.868. The maximum Gasteiger partial charge on any atom is 0.241 e. The molecular formula is C33H37ClF3N4O3S2+. The fraction of sp³-hybridized carbons (Fsp3) is 0.364. The first-order valence-corrected chi connectivity index (χ1v) is 17.6. The Morgan fingerprint density at radius 3 is 2.39 bits per heavy atom. The number of piperidine rings is 1. The minimum atomic E-state index is -4.14. The number of quaternary nitrogens is 1. The van der Waals surface area contributed by atoms with E-state index in [1.807, 2.05) is 44.6 Å². The van der Waals surface area contributed by atoms with Crippen LogP contribution in [0.1, 0.15) is 43.5 Å². The summed E-state index contributed by atoms with van der Waals surface area (Å²) in [6, 6.07) is 12.7. The number of likely N-dealkylation sites (N-methyl/N-ethyl adjacent to an activating group) is 1. The Hall–Kier alpha value is -3.03. The maximum absolute atomic E-state index is 15.4. The highest BCUT2D eigenvalue weighted by Gasteiger charge is 2.33. The van der Waals surface area contributed by atoms with Gasteiger partial charge in [0.15, 0.2) is 5.16 Å². The van der Waals surface area contributed by atoms with E-state index in [0.29, 0.717) is 39.1 Å². The number of rotatable bonds is 10. The van der Waals surface area contributed by atoms with E-state index in [1.54, 1.807) is 24.4 Å². The summed E-state index contributed by atoms with van der Waals surface area (Å²) in [4.78, 5) is 4.14. The van der Waals surface area contributed by atoms with Crippen LogP contribution < -0.4 is 9.46 Å². The molecule has 0 bridgehead atoms. The van der Waals surface area contributed by atoms with E-state index >= 15 is 8.78 Å². The van der Waals surface area contributed by atoms with Crippen molar-refractivity contribution in [2.45, 2.75) is 54.0 Å². The number of ether oxygens (including phenoxy) is 1. The summed E-state index contributed by atoms with van der Waals surface area (Å²) in [7, 11) is 1.43. The highest BCUT2D eigenvalue weighted by molar-refractivity contribution is 7.98. The lowest BCUT2D eigenvalue weighted by Gasteiger charge is -2.38. The van der Waals surface area contributed by atoms with Crippen molar-refractivity contribution in [2.24, 2.45) is 0 Å². The van der Waals surface area contributed by atoms with Gasteiger partial charge in [0.25, 0.3) is 0 Å². The number of halogens is 4.